The number of aliphatic hydroxyl groups is 1. The number of aromatic nitrogens is 2. The minimum atomic E-state index is 0.337. The molecule has 2 aliphatic rings. The van der Waals surface area contributed by atoms with Gasteiger partial charge >= 0.3 is 0 Å². The molecule has 2 atom stereocenters. The molecule has 0 aromatic carbocycles. The molecule has 2 unspecified atom stereocenters. The lowest BCUT2D eigenvalue weighted by Crippen LogP contribution is -2.40. The van der Waals surface area contributed by atoms with Gasteiger partial charge in [-0.15, -0.1) is 0 Å². The monoisotopic (exact) mass is 277 g/mol. The van der Waals surface area contributed by atoms with Crippen LogP contribution in [0, 0.1) is 31.6 Å². The second kappa shape index (κ2) is 5.49. The molecule has 4 heteroatoms. The van der Waals surface area contributed by atoms with Crippen molar-refractivity contribution >= 4 is 0 Å². The van der Waals surface area contributed by atoms with Crippen LogP contribution in [0.5, 0.6) is 0 Å². The zero-order valence-electron chi connectivity index (χ0n) is 12.9. The fourth-order valence-corrected chi connectivity index (χ4v) is 3.50. The van der Waals surface area contributed by atoms with Gasteiger partial charge in [-0.05, 0) is 51.4 Å². The van der Waals surface area contributed by atoms with E-state index in [4.69, 9.17) is 0 Å². The zero-order chi connectivity index (χ0) is 14.3. The van der Waals surface area contributed by atoms with Gasteiger partial charge in [-0.25, -0.2) is 0 Å². The maximum Gasteiger partial charge on any atom is 0.0641 e. The Labute approximate surface area is 121 Å². The van der Waals surface area contributed by atoms with Crippen LogP contribution in [0.25, 0.3) is 0 Å². The molecule has 0 saturated heterocycles. The molecule has 112 valence electrons. The summed E-state index contributed by atoms with van der Waals surface area (Å²) >= 11 is 0. The molecule has 2 saturated carbocycles. The van der Waals surface area contributed by atoms with Gasteiger partial charge in [0.25, 0.3) is 0 Å². The quantitative estimate of drug-likeness (QED) is 0.800. The molecule has 0 bridgehead atoms. The molecule has 0 amide bonds. The average molecular weight is 277 g/mol. The summed E-state index contributed by atoms with van der Waals surface area (Å²) in [5, 5.41) is 18.0. The van der Waals surface area contributed by atoms with Crippen LogP contribution in [0.4, 0.5) is 0 Å². The third-order valence-electron chi connectivity index (χ3n) is 5.20. The minimum absolute atomic E-state index is 0.337. The zero-order valence-corrected chi connectivity index (χ0v) is 12.9. The number of aryl methyl sites for hydroxylation is 2. The predicted molar refractivity (Wildman–Crippen MR) is 79.3 cm³/mol. The highest BCUT2D eigenvalue weighted by atomic mass is 16.3. The summed E-state index contributed by atoms with van der Waals surface area (Å²) in [5.74, 6) is 2.00. The van der Waals surface area contributed by atoms with E-state index >= 15 is 0 Å². The Hall–Kier alpha value is -0.870. The Morgan fingerprint density at radius 3 is 2.35 bits per heavy atom. The number of hydrogen-bond acceptors (Lipinski definition) is 3. The van der Waals surface area contributed by atoms with Crippen molar-refractivity contribution in [2.75, 3.05) is 6.61 Å². The predicted octanol–water partition coefficient (Wildman–Crippen LogP) is 1.92. The van der Waals surface area contributed by atoms with E-state index in [2.05, 4.69) is 24.3 Å². The molecule has 0 aliphatic heterocycles. The summed E-state index contributed by atoms with van der Waals surface area (Å²) < 4.78 is 1.96. The number of aliphatic hydroxyl groups excluding tert-OH is 1. The molecule has 20 heavy (non-hydrogen) atoms. The van der Waals surface area contributed by atoms with Crippen molar-refractivity contribution < 1.29 is 5.11 Å². The standard InChI is InChI=1S/C16H27N3O/c1-10-14(11(2)19(3)18-10)8-17-16(13-6-7-13)15(9-20)12-4-5-12/h12-13,15-17,20H,4-9H2,1-3H3. The summed E-state index contributed by atoms with van der Waals surface area (Å²) in [6, 6.07) is 0.492. The largest absolute Gasteiger partial charge is 0.396 e. The van der Waals surface area contributed by atoms with Crippen molar-refractivity contribution in [2.24, 2.45) is 24.8 Å². The molecule has 2 fully saturated rings. The first kappa shape index (κ1) is 14.1. The van der Waals surface area contributed by atoms with Crippen LogP contribution in [0.3, 0.4) is 0 Å². The first-order valence-electron chi connectivity index (χ1n) is 7.95. The average Bonchev–Trinajstić information content (AvgIpc) is 3.27. The van der Waals surface area contributed by atoms with Crippen LogP contribution in [-0.4, -0.2) is 27.5 Å². The van der Waals surface area contributed by atoms with E-state index in [1.165, 1.54) is 36.9 Å². The van der Waals surface area contributed by atoms with Crippen LogP contribution in [0.15, 0.2) is 0 Å². The van der Waals surface area contributed by atoms with Crippen molar-refractivity contribution in [3.8, 4) is 0 Å². The lowest BCUT2D eigenvalue weighted by atomic mass is 9.91. The Kier molecular flexibility index (Phi) is 3.87. The second-order valence-electron chi connectivity index (χ2n) is 6.70. The number of hydrogen-bond donors (Lipinski definition) is 2. The highest BCUT2D eigenvalue weighted by molar-refractivity contribution is 5.24. The first-order chi connectivity index (χ1) is 9.61. The second-order valence-corrected chi connectivity index (χ2v) is 6.70. The van der Waals surface area contributed by atoms with E-state index in [-0.39, 0.29) is 0 Å². The molecular weight excluding hydrogens is 250 g/mol. The lowest BCUT2D eigenvalue weighted by molar-refractivity contribution is 0.160. The minimum Gasteiger partial charge on any atom is -0.396 e. The van der Waals surface area contributed by atoms with E-state index in [9.17, 15) is 5.11 Å². The van der Waals surface area contributed by atoms with Crippen molar-refractivity contribution in [3.05, 3.63) is 17.0 Å². The van der Waals surface area contributed by atoms with E-state index in [1.807, 2.05) is 11.7 Å². The van der Waals surface area contributed by atoms with Gasteiger partial charge in [-0.2, -0.15) is 5.10 Å². The van der Waals surface area contributed by atoms with Crippen LogP contribution in [-0.2, 0) is 13.6 Å². The molecule has 1 heterocycles. The molecule has 1 aromatic heterocycles. The number of nitrogens with one attached hydrogen (secondary N) is 1. The molecule has 0 spiro atoms. The van der Waals surface area contributed by atoms with Gasteiger partial charge in [-0.1, -0.05) is 0 Å². The Balaban J connectivity index is 1.67. The third kappa shape index (κ3) is 2.77. The molecule has 2 aliphatic carbocycles. The van der Waals surface area contributed by atoms with Gasteiger partial charge in [0, 0.05) is 43.4 Å². The van der Waals surface area contributed by atoms with Crippen LogP contribution >= 0.6 is 0 Å². The van der Waals surface area contributed by atoms with E-state index in [0.717, 1.165) is 24.1 Å². The summed E-state index contributed by atoms with van der Waals surface area (Å²) in [6.45, 7) is 5.44. The van der Waals surface area contributed by atoms with Gasteiger partial charge in [0.2, 0.25) is 0 Å². The molecule has 1 aromatic rings. The topological polar surface area (TPSA) is 50.1 Å². The van der Waals surface area contributed by atoms with E-state index in [1.54, 1.807) is 0 Å². The number of nitrogens with zero attached hydrogens (tertiary/aromatic N) is 2. The number of rotatable bonds is 7. The third-order valence-corrected chi connectivity index (χ3v) is 5.20. The fraction of sp³-hybridized carbons (Fsp3) is 0.812. The maximum absolute atomic E-state index is 9.74. The Morgan fingerprint density at radius 1 is 1.25 bits per heavy atom. The smallest absolute Gasteiger partial charge is 0.0641 e. The van der Waals surface area contributed by atoms with Crippen molar-refractivity contribution in [1.82, 2.24) is 15.1 Å². The molecule has 3 rings (SSSR count). The highest BCUT2D eigenvalue weighted by Gasteiger charge is 2.42. The van der Waals surface area contributed by atoms with Gasteiger partial charge in [-0.3, -0.25) is 4.68 Å². The summed E-state index contributed by atoms with van der Waals surface area (Å²) in [4.78, 5) is 0. The fourth-order valence-electron chi connectivity index (χ4n) is 3.50. The Morgan fingerprint density at radius 2 is 1.90 bits per heavy atom. The van der Waals surface area contributed by atoms with Crippen molar-refractivity contribution in [1.29, 1.82) is 0 Å². The van der Waals surface area contributed by atoms with E-state index < -0.39 is 0 Å². The van der Waals surface area contributed by atoms with Crippen LogP contribution in [0.1, 0.15) is 42.6 Å². The van der Waals surface area contributed by atoms with Gasteiger partial charge in [0.15, 0.2) is 0 Å². The summed E-state index contributed by atoms with van der Waals surface area (Å²) in [5.41, 5.74) is 3.70. The van der Waals surface area contributed by atoms with Crippen molar-refractivity contribution in [3.63, 3.8) is 0 Å². The van der Waals surface area contributed by atoms with Crippen molar-refractivity contribution in [2.45, 2.75) is 52.1 Å². The van der Waals surface area contributed by atoms with Gasteiger partial charge in [0.1, 0.15) is 0 Å². The summed E-state index contributed by atoms with van der Waals surface area (Å²) in [7, 11) is 2.00. The van der Waals surface area contributed by atoms with Gasteiger partial charge < -0.3 is 10.4 Å². The van der Waals surface area contributed by atoms with Gasteiger partial charge in [0.05, 0.1) is 5.69 Å². The normalized spacial score (nSPS) is 22.0. The lowest BCUT2D eigenvalue weighted by Gasteiger charge is -2.27. The molecular formula is C16H27N3O. The molecule has 4 nitrogen and oxygen atoms in total. The first-order valence-corrected chi connectivity index (χ1v) is 7.95. The van der Waals surface area contributed by atoms with Crippen LogP contribution in [0.2, 0.25) is 0 Å². The van der Waals surface area contributed by atoms with Crippen LogP contribution < -0.4 is 5.32 Å². The molecule has 2 N–H and O–H groups in total. The van der Waals surface area contributed by atoms with E-state index in [0.29, 0.717) is 18.6 Å². The Bertz CT molecular complexity index is 474. The summed E-state index contributed by atoms with van der Waals surface area (Å²) in [6.07, 6.45) is 5.26. The molecule has 0 radical (unpaired) electrons. The maximum atomic E-state index is 9.74. The SMILES string of the molecule is Cc1nn(C)c(C)c1CNC(C1CC1)C(CO)C1CC1. The highest BCUT2D eigenvalue weighted by Crippen LogP contribution is 2.45.